The first-order valence-corrected chi connectivity index (χ1v) is 8.78. The van der Waals surface area contributed by atoms with Crippen molar-refractivity contribution in [3.05, 3.63) is 48.4 Å². The van der Waals surface area contributed by atoms with Crippen LogP contribution in [0.15, 0.2) is 47.1 Å². The molecule has 1 saturated carbocycles. The molecule has 2 aliphatic rings. The maximum Gasteiger partial charge on any atom is 0.379 e. The lowest BCUT2D eigenvalue weighted by atomic mass is 9.76. The van der Waals surface area contributed by atoms with Gasteiger partial charge in [0.1, 0.15) is 0 Å². The van der Waals surface area contributed by atoms with Crippen molar-refractivity contribution in [2.75, 3.05) is 4.90 Å². The average molecular weight is 353 g/mol. The van der Waals surface area contributed by atoms with Crippen LogP contribution in [0.4, 0.5) is 5.69 Å². The molecule has 0 unspecified atom stereocenters. The summed E-state index contributed by atoms with van der Waals surface area (Å²) < 4.78 is 10.4. The Bertz CT molecular complexity index is 857. The molecule has 1 aliphatic heterocycles. The molecule has 1 aromatic carbocycles. The highest BCUT2D eigenvalue weighted by atomic mass is 16.5. The number of esters is 1. The van der Waals surface area contributed by atoms with Crippen LogP contribution in [0, 0.1) is 17.8 Å². The van der Waals surface area contributed by atoms with Gasteiger partial charge in [-0.2, -0.15) is 0 Å². The predicted molar refractivity (Wildman–Crippen MR) is 92.6 cm³/mol. The van der Waals surface area contributed by atoms with Crippen molar-refractivity contribution in [3.63, 3.8) is 0 Å². The number of anilines is 1. The number of carbonyl (C=O) groups excluding carboxylic acids is 3. The van der Waals surface area contributed by atoms with Crippen molar-refractivity contribution in [2.45, 2.75) is 26.2 Å². The number of fused-ring (bicyclic) bond motifs is 1. The summed E-state index contributed by atoms with van der Waals surface area (Å²) in [4.78, 5) is 39.2. The fraction of sp³-hybridized carbons (Fsp3) is 0.350. The summed E-state index contributed by atoms with van der Waals surface area (Å²) in [7, 11) is 0. The smallest absolute Gasteiger partial charge is 0.379 e. The molecule has 6 nitrogen and oxygen atoms in total. The monoisotopic (exact) mass is 353 g/mol. The van der Waals surface area contributed by atoms with Gasteiger partial charge >= 0.3 is 5.97 Å². The fourth-order valence-electron chi connectivity index (χ4n) is 3.90. The molecule has 3 atom stereocenters. The lowest BCUT2D eigenvalue weighted by Gasteiger charge is -2.25. The first-order chi connectivity index (χ1) is 12.6. The highest BCUT2D eigenvalue weighted by Crippen LogP contribution is 2.44. The first kappa shape index (κ1) is 16.6. The van der Waals surface area contributed by atoms with Gasteiger partial charge in [0.2, 0.25) is 17.6 Å². The summed E-state index contributed by atoms with van der Waals surface area (Å²) >= 11 is 0. The number of rotatable bonds is 3. The first-order valence-electron chi connectivity index (χ1n) is 8.78. The van der Waals surface area contributed by atoms with E-state index in [2.05, 4.69) is 6.92 Å². The van der Waals surface area contributed by atoms with Crippen LogP contribution in [-0.2, 0) is 9.59 Å². The molecular formula is C20H19NO5. The van der Waals surface area contributed by atoms with Crippen LogP contribution in [0.2, 0.25) is 0 Å². The van der Waals surface area contributed by atoms with Gasteiger partial charge in [-0.05, 0) is 49.4 Å². The van der Waals surface area contributed by atoms with Crippen LogP contribution in [0.25, 0.3) is 0 Å². The normalized spacial score (nSPS) is 25.3. The fourth-order valence-corrected chi connectivity index (χ4v) is 3.90. The van der Waals surface area contributed by atoms with Crippen molar-refractivity contribution in [1.82, 2.24) is 0 Å². The molecule has 26 heavy (non-hydrogen) atoms. The van der Waals surface area contributed by atoms with Crippen LogP contribution in [-0.4, -0.2) is 17.8 Å². The van der Waals surface area contributed by atoms with Gasteiger partial charge in [0.25, 0.3) is 0 Å². The minimum atomic E-state index is -0.674. The molecule has 1 aromatic heterocycles. The molecule has 2 fully saturated rings. The molecular weight excluding hydrogens is 334 g/mol. The second kappa shape index (κ2) is 6.44. The Morgan fingerprint density at radius 3 is 2.62 bits per heavy atom. The number of para-hydroxylation sites is 2. The number of hydrogen-bond donors (Lipinski definition) is 0. The molecule has 1 saturated heterocycles. The molecule has 0 bridgehead atoms. The third-order valence-electron chi connectivity index (χ3n) is 5.22. The summed E-state index contributed by atoms with van der Waals surface area (Å²) in [6.45, 7) is 2.11. The molecule has 6 heteroatoms. The zero-order valence-corrected chi connectivity index (χ0v) is 14.4. The van der Waals surface area contributed by atoms with E-state index in [-0.39, 0.29) is 35.2 Å². The Hall–Kier alpha value is -2.89. The minimum Gasteiger partial charge on any atom is -0.457 e. The van der Waals surface area contributed by atoms with Crippen molar-refractivity contribution in [1.29, 1.82) is 0 Å². The van der Waals surface area contributed by atoms with E-state index in [0.717, 1.165) is 19.3 Å². The third-order valence-corrected chi connectivity index (χ3v) is 5.22. The summed E-state index contributed by atoms with van der Waals surface area (Å²) in [5, 5.41) is 0. The van der Waals surface area contributed by atoms with E-state index in [1.54, 1.807) is 30.3 Å². The van der Waals surface area contributed by atoms with Crippen molar-refractivity contribution in [3.8, 4) is 5.75 Å². The second-order valence-electron chi connectivity index (χ2n) is 6.98. The third kappa shape index (κ3) is 2.71. The molecule has 0 radical (unpaired) electrons. The maximum absolute atomic E-state index is 12.9. The number of nitrogens with zero attached hydrogens (tertiary/aromatic N) is 1. The highest BCUT2D eigenvalue weighted by Gasteiger charge is 2.50. The second-order valence-corrected chi connectivity index (χ2v) is 6.98. The number of furan rings is 1. The van der Waals surface area contributed by atoms with Gasteiger partial charge in [0.05, 0.1) is 23.8 Å². The number of hydrogen-bond acceptors (Lipinski definition) is 5. The largest absolute Gasteiger partial charge is 0.457 e. The van der Waals surface area contributed by atoms with Crippen LogP contribution in [0.1, 0.15) is 36.7 Å². The summed E-state index contributed by atoms with van der Waals surface area (Å²) in [5.74, 6) is -0.967. The lowest BCUT2D eigenvalue weighted by Crippen LogP contribution is -2.31. The lowest BCUT2D eigenvalue weighted by molar-refractivity contribution is -0.122. The number of benzene rings is 1. The van der Waals surface area contributed by atoms with Gasteiger partial charge in [-0.3, -0.25) is 9.59 Å². The summed E-state index contributed by atoms with van der Waals surface area (Å²) in [6, 6.07) is 9.68. The van der Waals surface area contributed by atoms with Gasteiger partial charge in [-0.25, -0.2) is 9.69 Å². The van der Waals surface area contributed by atoms with Gasteiger partial charge in [-0.1, -0.05) is 19.1 Å². The summed E-state index contributed by atoms with van der Waals surface area (Å²) in [6.07, 6.45) is 3.77. The van der Waals surface area contributed by atoms with Crippen LogP contribution in [0.3, 0.4) is 0 Å². The molecule has 4 rings (SSSR count). The van der Waals surface area contributed by atoms with E-state index in [9.17, 15) is 14.4 Å². The summed E-state index contributed by atoms with van der Waals surface area (Å²) in [5.41, 5.74) is 0.310. The van der Waals surface area contributed by atoms with Crippen molar-refractivity contribution >= 4 is 23.5 Å². The number of amides is 2. The van der Waals surface area contributed by atoms with Crippen molar-refractivity contribution in [2.24, 2.45) is 17.8 Å². The van der Waals surface area contributed by atoms with E-state index in [1.165, 1.54) is 17.2 Å². The number of ether oxygens (including phenoxy) is 1. The highest BCUT2D eigenvalue weighted by molar-refractivity contribution is 6.22. The van der Waals surface area contributed by atoms with E-state index in [0.29, 0.717) is 11.6 Å². The predicted octanol–water partition coefficient (Wildman–Crippen LogP) is 3.42. The molecule has 2 aromatic rings. The van der Waals surface area contributed by atoms with Crippen molar-refractivity contribution < 1.29 is 23.5 Å². The molecule has 0 spiro atoms. The standard InChI is InChI=1S/C20H19NO5/c1-12-8-9-13-14(11-12)19(23)21(18(13)22)15-5-2-3-6-16(15)26-20(24)17-7-4-10-25-17/h2-7,10,12-14H,8-9,11H2,1H3/t12-,13+,14+/m0/s1. The molecule has 2 heterocycles. The molecule has 2 amide bonds. The SMILES string of the molecule is C[C@H]1CC[C@H]2C(=O)N(c3ccccc3OC(=O)c3ccco3)C(=O)[C@@H]2C1. The Balaban J connectivity index is 1.65. The zero-order chi connectivity index (χ0) is 18.3. The molecule has 0 N–H and O–H groups in total. The van der Waals surface area contributed by atoms with E-state index >= 15 is 0 Å². The van der Waals surface area contributed by atoms with E-state index in [4.69, 9.17) is 9.15 Å². The Morgan fingerprint density at radius 1 is 1.08 bits per heavy atom. The number of carbonyl (C=O) groups is 3. The maximum atomic E-state index is 12.9. The Morgan fingerprint density at radius 2 is 1.85 bits per heavy atom. The molecule has 1 aliphatic carbocycles. The van der Waals surface area contributed by atoms with Gasteiger partial charge in [0.15, 0.2) is 5.75 Å². The van der Waals surface area contributed by atoms with Gasteiger partial charge in [0, 0.05) is 0 Å². The molecule has 134 valence electrons. The van der Waals surface area contributed by atoms with Gasteiger partial charge in [-0.15, -0.1) is 0 Å². The van der Waals surface area contributed by atoms with Crippen LogP contribution >= 0.6 is 0 Å². The van der Waals surface area contributed by atoms with E-state index < -0.39 is 5.97 Å². The van der Waals surface area contributed by atoms with E-state index in [1.807, 2.05) is 0 Å². The topological polar surface area (TPSA) is 76.8 Å². The Labute approximate surface area is 150 Å². The average Bonchev–Trinajstić information content (AvgIpc) is 3.24. The Kier molecular flexibility index (Phi) is 4.11. The van der Waals surface area contributed by atoms with Gasteiger partial charge < -0.3 is 9.15 Å². The minimum absolute atomic E-state index is 0.0568. The zero-order valence-electron chi connectivity index (χ0n) is 14.4. The number of imide groups is 1. The van der Waals surface area contributed by atoms with Crippen LogP contribution < -0.4 is 9.64 Å². The quantitative estimate of drug-likeness (QED) is 0.480. The van der Waals surface area contributed by atoms with Crippen LogP contribution in [0.5, 0.6) is 5.75 Å².